The molecule has 1 heterocycles. The number of carbonyl (C=O) groups is 4. The monoisotopic (exact) mass is 684 g/mol. The minimum atomic E-state index is -1.53. The lowest BCUT2D eigenvalue weighted by Crippen LogP contribution is -2.63. The number of hydrogen-bond acceptors (Lipinski definition) is 12. The first-order valence-corrected chi connectivity index (χ1v) is 15.9. The molecule has 0 spiro atoms. The van der Waals surface area contributed by atoms with Gasteiger partial charge in [0.05, 0.1) is 48.7 Å². The first-order valence-electron chi connectivity index (χ1n) is 15.9. The van der Waals surface area contributed by atoms with Crippen molar-refractivity contribution in [2.24, 2.45) is 0 Å². The first kappa shape index (κ1) is 35.9. The van der Waals surface area contributed by atoms with Crippen LogP contribution in [0.25, 0.3) is 0 Å². The number of benzene rings is 4. The second kappa shape index (κ2) is 18.4. The van der Waals surface area contributed by atoms with Crippen LogP contribution in [0.1, 0.15) is 41.4 Å². The average molecular weight is 685 g/mol. The van der Waals surface area contributed by atoms with Gasteiger partial charge >= 0.3 is 23.9 Å². The van der Waals surface area contributed by atoms with Gasteiger partial charge in [-0.1, -0.05) is 72.8 Å². The molecule has 5 rings (SSSR count). The third kappa shape index (κ3) is 9.83. The predicted octanol–water partition coefficient (Wildman–Crippen LogP) is 4.27. The molecule has 1 saturated heterocycles. The van der Waals surface area contributed by atoms with Crippen molar-refractivity contribution in [3.05, 3.63) is 144 Å². The zero-order chi connectivity index (χ0) is 35.1. The van der Waals surface area contributed by atoms with Crippen LogP contribution in [0, 0.1) is 0 Å². The summed E-state index contributed by atoms with van der Waals surface area (Å²) in [5, 5.41) is 9.10. The Labute approximate surface area is 288 Å². The van der Waals surface area contributed by atoms with Crippen LogP contribution in [0.15, 0.2) is 121 Å². The number of rotatable bonds is 15. The molecular weight excluding hydrogens is 648 g/mol. The van der Waals surface area contributed by atoms with Crippen molar-refractivity contribution in [1.29, 1.82) is 0 Å². The van der Waals surface area contributed by atoms with Crippen molar-refractivity contribution in [2.45, 2.75) is 30.7 Å². The minimum Gasteiger partial charge on any atom is -0.459 e. The molecule has 12 nitrogen and oxygen atoms in total. The van der Waals surface area contributed by atoms with E-state index in [1.807, 2.05) is 0 Å². The summed E-state index contributed by atoms with van der Waals surface area (Å²) >= 11 is 0. The molecule has 12 heteroatoms. The van der Waals surface area contributed by atoms with E-state index in [1.165, 1.54) is 36.4 Å². The van der Waals surface area contributed by atoms with Gasteiger partial charge in [0.15, 0.2) is 24.6 Å². The van der Waals surface area contributed by atoms with Crippen LogP contribution in [0.4, 0.5) is 0 Å². The quantitative estimate of drug-likeness (QED) is 0.108. The molecule has 1 aliphatic rings. The number of hydrogen-bond donors (Lipinski definition) is 1. The van der Waals surface area contributed by atoms with Crippen molar-refractivity contribution in [3.8, 4) is 0 Å². The lowest BCUT2D eigenvalue weighted by Gasteiger charge is -2.44. The van der Waals surface area contributed by atoms with Crippen LogP contribution < -0.4 is 0 Å². The number of esters is 4. The Morgan fingerprint density at radius 2 is 0.940 bits per heavy atom. The molecule has 0 bridgehead atoms. The van der Waals surface area contributed by atoms with Gasteiger partial charge in [-0.3, -0.25) is 0 Å². The molecule has 4 aromatic carbocycles. The number of ether oxygens (including phenoxy) is 7. The van der Waals surface area contributed by atoms with E-state index in [9.17, 15) is 19.2 Å². The molecule has 0 aromatic heterocycles. The second-order valence-corrected chi connectivity index (χ2v) is 10.9. The Balaban J connectivity index is 1.52. The zero-order valence-corrected chi connectivity index (χ0v) is 26.9. The fourth-order valence-corrected chi connectivity index (χ4v) is 5.05. The van der Waals surface area contributed by atoms with Gasteiger partial charge in [0.1, 0.15) is 12.7 Å². The van der Waals surface area contributed by atoms with E-state index in [0.717, 1.165) is 0 Å². The molecule has 0 unspecified atom stereocenters. The van der Waals surface area contributed by atoms with Crippen LogP contribution >= 0.6 is 0 Å². The molecule has 0 amide bonds. The maximum Gasteiger partial charge on any atom is 0.338 e. The lowest BCUT2D eigenvalue weighted by molar-refractivity contribution is -0.299. The van der Waals surface area contributed by atoms with Crippen molar-refractivity contribution in [1.82, 2.24) is 0 Å². The van der Waals surface area contributed by atoms with Crippen LogP contribution in [-0.4, -0.2) is 92.7 Å². The largest absolute Gasteiger partial charge is 0.459 e. The fraction of sp³-hybridized carbons (Fsp3) is 0.263. The summed E-state index contributed by atoms with van der Waals surface area (Å²) in [4.78, 5) is 53.6. The van der Waals surface area contributed by atoms with Gasteiger partial charge in [0.2, 0.25) is 0 Å². The van der Waals surface area contributed by atoms with Gasteiger partial charge in [0, 0.05) is 0 Å². The maximum atomic E-state index is 13.6. The SMILES string of the molecule is O=C(OC[C@H]1O[C@@H](OCCOCCO)[C@H](OC(=O)c2ccccc2)[C@@H](OC(=O)c2ccccc2)[C@H]1OC(=O)c1ccccc1)c1ccccc1. The van der Waals surface area contributed by atoms with Gasteiger partial charge < -0.3 is 38.3 Å². The summed E-state index contributed by atoms with van der Waals surface area (Å²) in [5.41, 5.74) is 0.791. The van der Waals surface area contributed by atoms with Gasteiger partial charge in [0.25, 0.3) is 0 Å². The van der Waals surface area contributed by atoms with Gasteiger partial charge in [-0.25, -0.2) is 19.2 Å². The van der Waals surface area contributed by atoms with Gasteiger partial charge in [-0.05, 0) is 48.5 Å². The Kier molecular flexibility index (Phi) is 13.2. The maximum absolute atomic E-state index is 13.6. The molecule has 260 valence electrons. The van der Waals surface area contributed by atoms with Crippen LogP contribution in [0.2, 0.25) is 0 Å². The molecule has 1 N–H and O–H groups in total. The molecule has 0 radical (unpaired) electrons. The van der Waals surface area contributed by atoms with Gasteiger partial charge in [-0.2, -0.15) is 0 Å². The molecule has 5 atom stereocenters. The molecule has 1 aliphatic heterocycles. The number of aliphatic hydroxyl groups is 1. The Morgan fingerprint density at radius 1 is 0.520 bits per heavy atom. The van der Waals surface area contributed by atoms with E-state index in [1.54, 1.807) is 84.9 Å². The average Bonchev–Trinajstić information content (AvgIpc) is 3.17. The second-order valence-electron chi connectivity index (χ2n) is 10.9. The standard InChI is InChI=1S/C38H36O12/c39-21-22-44-23-24-45-38-33(50-37(43)29-19-11-4-12-20-29)32(49-36(42)28-17-9-3-10-18-28)31(48-35(41)27-15-7-2-8-16-27)30(47-38)25-46-34(40)26-13-5-1-6-14-26/h1-20,30-33,38-39H,21-25H2/t30-,31+,32+,33-,38-/m1/s1. The summed E-state index contributed by atoms with van der Waals surface area (Å²) in [6.45, 7) is -0.713. The minimum absolute atomic E-state index is 0.0221. The molecule has 1 fully saturated rings. The summed E-state index contributed by atoms with van der Waals surface area (Å²) in [5.74, 6) is -3.10. The third-order valence-electron chi connectivity index (χ3n) is 7.48. The van der Waals surface area contributed by atoms with Gasteiger partial charge in [-0.15, -0.1) is 0 Å². The Bertz CT molecular complexity index is 1670. The number of carbonyl (C=O) groups excluding carboxylic acids is 4. The summed E-state index contributed by atoms with van der Waals surface area (Å²) in [6.07, 6.45) is -7.21. The molecule has 50 heavy (non-hydrogen) atoms. The number of aliphatic hydroxyl groups excluding tert-OH is 1. The van der Waals surface area contributed by atoms with Crippen molar-refractivity contribution in [2.75, 3.05) is 33.0 Å². The zero-order valence-electron chi connectivity index (χ0n) is 26.9. The summed E-state index contributed by atoms with van der Waals surface area (Å²) in [6, 6.07) is 32.5. The normalized spacial score (nSPS) is 19.9. The highest BCUT2D eigenvalue weighted by molar-refractivity contribution is 5.91. The molecule has 0 aliphatic carbocycles. The third-order valence-corrected chi connectivity index (χ3v) is 7.48. The highest BCUT2D eigenvalue weighted by Crippen LogP contribution is 2.32. The van der Waals surface area contributed by atoms with Crippen LogP contribution in [-0.2, 0) is 33.2 Å². The van der Waals surface area contributed by atoms with E-state index < -0.39 is 61.2 Å². The van der Waals surface area contributed by atoms with E-state index in [4.69, 9.17) is 38.3 Å². The fourth-order valence-electron chi connectivity index (χ4n) is 5.05. The van der Waals surface area contributed by atoms with Crippen molar-refractivity contribution < 1.29 is 57.4 Å². The smallest absolute Gasteiger partial charge is 0.338 e. The molecular formula is C38H36O12. The highest BCUT2D eigenvalue weighted by atomic mass is 16.7. The topological polar surface area (TPSA) is 153 Å². The molecule has 4 aromatic rings. The van der Waals surface area contributed by atoms with Crippen molar-refractivity contribution >= 4 is 23.9 Å². The van der Waals surface area contributed by atoms with E-state index >= 15 is 0 Å². The lowest BCUT2D eigenvalue weighted by atomic mass is 9.97. The summed E-state index contributed by atoms with van der Waals surface area (Å²) < 4.78 is 41.1. The van der Waals surface area contributed by atoms with E-state index in [-0.39, 0.29) is 48.7 Å². The van der Waals surface area contributed by atoms with Crippen LogP contribution in [0.5, 0.6) is 0 Å². The highest BCUT2D eigenvalue weighted by Gasteiger charge is 2.53. The Morgan fingerprint density at radius 3 is 1.40 bits per heavy atom. The summed E-state index contributed by atoms with van der Waals surface area (Å²) in [7, 11) is 0. The Hall–Kier alpha value is -5.40. The molecule has 0 saturated carbocycles. The van der Waals surface area contributed by atoms with Crippen molar-refractivity contribution in [3.63, 3.8) is 0 Å². The van der Waals surface area contributed by atoms with Crippen LogP contribution in [0.3, 0.4) is 0 Å². The predicted molar refractivity (Wildman–Crippen MR) is 176 cm³/mol. The van der Waals surface area contributed by atoms with E-state index in [0.29, 0.717) is 0 Å². The van der Waals surface area contributed by atoms with E-state index in [2.05, 4.69) is 0 Å². The first-order chi connectivity index (χ1) is 24.4.